The SMILES string of the molecule is O=C(c1ccc2c(c1)CCCN2C(=O)c1ccc(O)cc1O)N1CCc2ccccc21. The van der Waals surface area contributed by atoms with Gasteiger partial charge in [-0.2, -0.15) is 0 Å². The van der Waals surface area contributed by atoms with Crippen LogP contribution in [0.2, 0.25) is 0 Å². The van der Waals surface area contributed by atoms with Crippen molar-refractivity contribution in [1.29, 1.82) is 0 Å². The third kappa shape index (κ3) is 3.30. The molecule has 2 aliphatic heterocycles. The van der Waals surface area contributed by atoms with Gasteiger partial charge < -0.3 is 20.0 Å². The Morgan fingerprint density at radius 3 is 2.35 bits per heavy atom. The number of hydrogen-bond acceptors (Lipinski definition) is 4. The highest BCUT2D eigenvalue weighted by Gasteiger charge is 2.29. The zero-order valence-electron chi connectivity index (χ0n) is 16.9. The molecule has 0 bridgehead atoms. The van der Waals surface area contributed by atoms with Crippen molar-refractivity contribution in [3.63, 3.8) is 0 Å². The molecule has 0 aromatic heterocycles. The van der Waals surface area contributed by atoms with E-state index in [9.17, 15) is 19.8 Å². The van der Waals surface area contributed by atoms with Crippen LogP contribution in [0.25, 0.3) is 0 Å². The van der Waals surface area contributed by atoms with Gasteiger partial charge in [0, 0.05) is 36.1 Å². The van der Waals surface area contributed by atoms with Crippen molar-refractivity contribution < 1.29 is 19.8 Å². The van der Waals surface area contributed by atoms with Gasteiger partial charge >= 0.3 is 0 Å². The molecule has 2 aliphatic rings. The van der Waals surface area contributed by atoms with Crippen LogP contribution in [-0.2, 0) is 12.8 Å². The Morgan fingerprint density at radius 2 is 1.52 bits per heavy atom. The number of para-hydroxylation sites is 1. The first-order chi connectivity index (χ1) is 15.0. The Kier molecular flexibility index (Phi) is 4.62. The van der Waals surface area contributed by atoms with Crippen molar-refractivity contribution in [2.24, 2.45) is 0 Å². The van der Waals surface area contributed by atoms with Gasteiger partial charge in [-0.15, -0.1) is 0 Å². The van der Waals surface area contributed by atoms with Crippen LogP contribution in [-0.4, -0.2) is 35.1 Å². The first-order valence-electron chi connectivity index (χ1n) is 10.4. The van der Waals surface area contributed by atoms with Gasteiger partial charge in [-0.25, -0.2) is 0 Å². The maximum Gasteiger partial charge on any atom is 0.262 e. The van der Waals surface area contributed by atoms with Gasteiger partial charge in [0.05, 0.1) is 5.56 Å². The summed E-state index contributed by atoms with van der Waals surface area (Å²) < 4.78 is 0. The average molecular weight is 414 g/mol. The number of carbonyl (C=O) groups is 2. The van der Waals surface area contributed by atoms with Crippen molar-refractivity contribution in [1.82, 2.24) is 0 Å². The second-order valence-electron chi connectivity index (χ2n) is 7.94. The normalized spacial score (nSPS) is 14.8. The molecule has 6 heteroatoms. The van der Waals surface area contributed by atoms with Crippen LogP contribution >= 0.6 is 0 Å². The van der Waals surface area contributed by atoms with Gasteiger partial charge in [0.1, 0.15) is 11.5 Å². The summed E-state index contributed by atoms with van der Waals surface area (Å²) >= 11 is 0. The largest absolute Gasteiger partial charge is 0.508 e. The molecule has 0 saturated carbocycles. The molecule has 156 valence electrons. The Labute approximate surface area is 180 Å². The third-order valence-corrected chi connectivity index (χ3v) is 6.03. The lowest BCUT2D eigenvalue weighted by atomic mass is 9.97. The zero-order valence-corrected chi connectivity index (χ0v) is 16.9. The fourth-order valence-corrected chi connectivity index (χ4v) is 4.49. The third-order valence-electron chi connectivity index (χ3n) is 6.03. The van der Waals surface area contributed by atoms with Crippen LogP contribution < -0.4 is 9.80 Å². The van der Waals surface area contributed by atoms with E-state index in [0.29, 0.717) is 18.7 Å². The van der Waals surface area contributed by atoms with E-state index in [4.69, 9.17) is 0 Å². The van der Waals surface area contributed by atoms with Gasteiger partial charge in [-0.1, -0.05) is 18.2 Å². The summed E-state index contributed by atoms with van der Waals surface area (Å²) in [5.74, 6) is -0.713. The van der Waals surface area contributed by atoms with E-state index in [1.54, 1.807) is 11.0 Å². The van der Waals surface area contributed by atoms with Crippen LogP contribution in [0.4, 0.5) is 11.4 Å². The number of aromatic hydroxyl groups is 2. The van der Waals surface area contributed by atoms with Crippen molar-refractivity contribution in [2.45, 2.75) is 19.3 Å². The summed E-state index contributed by atoms with van der Waals surface area (Å²) in [7, 11) is 0. The predicted octanol–water partition coefficient (Wildman–Crippen LogP) is 3.89. The molecule has 2 heterocycles. The van der Waals surface area contributed by atoms with Gasteiger partial charge in [0.2, 0.25) is 0 Å². The molecule has 31 heavy (non-hydrogen) atoms. The van der Waals surface area contributed by atoms with Crippen LogP contribution in [0.5, 0.6) is 11.5 Å². The first-order valence-corrected chi connectivity index (χ1v) is 10.4. The molecule has 0 unspecified atom stereocenters. The maximum atomic E-state index is 13.2. The topological polar surface area (TPSA) is 81.1 Å². The highest BCUT2D eigenvalue weighted by molar-refractivity contribution is 6.10. The Morgan fingerprint density at radius 1 is 0.742 bits per heavy atom. The summed E-state index contributed by atoms with van der Waals surface area (Å²) in [4.78, 5) is 29.7. The van der Waals surface area contributed by atoms with Crippen molar-refractivity contribution in [3.05, 3.63) is 82.9 Å². The van der Waals surface area contributed by atoms with E-state index < -0.39 is 0 Å². The summed E-state index contributed by atoms with van der Waals surface area (Å²) in [6.07, 6.45) is 2.39. The second kappa shape index (κ2) is 7.47. The molecule has 2 N–H and O–H groups in total. The fraction of sp³-hybridized carbons (Fsp3) is 0.200. The number of phenols is 2. The quantitative estimate of drug-likeness (QED) is 0.667. The number of anilines is 2. The summed E-state index contributed by atoms with van der Waals surface area (Å²) in [5.41, 5.74) is 4.58. The lowest BCUT2D eigenvalue weighted by Gasteiger charge is -2.30. The summed E-state index contributed by atoms with van der Waals surface area (Å²) in [6, 6.07) is 17.4. The lowest BCUT2D eigenvalue weighted by molar-refractivity contribution is 0.0979. The first kappa shape index (κ1) is 19.2. The van der Waals surface area contributed by atoms with Crippen molar-refractivity contribution in [2.75, 3.05) is 22.9 Å². The number of nitrogens with zero attached hydrogens (tertiary/aromatic N) is 2. The van der Waals surface area contributed by atoms with E-state index >= 15 is 0 Å². The molecule has 6 nitrogen and oxygen atoms in total. The van der Waals surface area contributed by atoms with E-state index in [0.717, 1.165) is 42.3 Å². The lowest BCUT2D eigenvalue weighted by Crippen LogP contribution is -2.36. The Bertz CT molecular complexity index is 1200. The molecule has 3 aromatic carbocycles. The fourth-order valence-electron chi connectivity index (χ4n) is 4.49. The highest BCUT2D eigenvalue weighted by atomic mass is 16.3. The van der Waals surface area contributed by atoms with Gasteiger partial charge in [-0.05, 0) is 66.8 Å². The minimum Gasteiger partial charge on any atom is -0.508 e. The molecule has 0 atom stereocenters. The second-order valence-corrected chi connectivity index (χ2v) is 7.94. The van der Waals surface area contributed by atoms with Crippen LogP contribution in [0.15, 0.2) is 60.7 Å². The molecule has 5 rings (SSSR count). The molecule has 0 fully saturated rings. The Balaban J connectivity index is 1.44. The highest BCUT2D eigenvalue weighted by Crippen LogP contribution is 2.34. The number of carbonyl (C=O) groups excluding carboxylic acids is 2. The molecule has 0 radical (unpaired) electrons. The Hall–Kier alpha value is -3.80. The molecule has 2 amide bonds. The molecular weight excluding hydrogens is 392 g/mol. The van der Waals surface area contributed by atoms with Crippen molar-refractivity contribution in [3.8, 4) is 11.5 Å². The van der Waals surface area contributed by atoms with Gasteiger partial charge in [0.25, 0.3) is 11.8 Å². The number of aryl methyl sites for hydroxylation is 1. The van der Waals surface area contributed by atoms with E-state index in [1.807, 2.05) is 35.2 Å². The predicted molar refractivity (Wildman–Crippen MR) is 118 cm³/mol. The summed E-state index contributed by atoms with van der Waals surface area (Å²) in [5, 5.41) is 19.6. The van der Waals surface area contributed by atoms with Crippen LogP contribution in [0, 0.1) is 0 Å². The minimum absolute atomic E-state index is 0.0348. The molecule has 0 saturated heterocycles. The molecular formula is C25H22N2O4. The zero-order chi connectivity index (χ0) is 21.5. The number of amides is 2. The van der Waals surface area contributed by atoms with Gasteiger partial charge in [0.15, 0.2) is 0 Å². The van der Waals surface area contributed by atoms with Crippen LogP contribution in [0.3, 0.4) is 0 Å². The standard InChI is InChI=1S/C25H22N2O4/c28-19-8-9-20(23(29)15-19)25(31)26-12-3-5-17-14-18(7-10-22(17)26)24(30)27-13-11-16-4-1-2-6-21(16)27/h1-2,4,6-10,14-15,28-29H,3,5,11-13H2. The molecule has 0 spiro atoms. The van der Waals surface area contributed by atoms with E-state index in [1.165, 1.54) is 17.7 Å². The number of fused-ring (bicyclic) bond motifs is 2. The number of phenolic OH excluding ortho intramolecular Hbond substituents is 2. The molecule has 0 aliphatic carbocycles. The maximum absolute atomic E-state index is 13.2. The number of hydrogen-bond donors (Lipinski definition) is 2. The van der Waals surface area contributed by atoms with Crippen molar-refractivity contribution >= 4 is 23.2 Å². The van der Waals surface area contributed by atoms with E-state index in [2.05, 4.69) is 6.07 Å². The average Bonchev–Trinajstić information content (AvgIpc) is 3.21. The van der Waals surface area contributed by atoms with Gasteiger partial charge in [-0.3, -0.25) is 9.59 Å². The van der Waals surface area contributed by atoms with Crippen LogP contribution in [0.1, 0.15) is 38.3 Å². The molecule has 3 aromatic rings. The monoisotopic (exact) mass is 414 g/mol. The number of benzene rings is 3. The minimum atomic E-state index is -0.328. The van der Waals surface area contributed by atoms with E-state index in [-0.39, 0.29) is 28.9 Å². The number of rotatable bonds is 2. The summed E-state index contributed by atoms with van der Waals surface area (Å²) in [6.45, 7) is 1.19. The smallest absolute Gasteiger partial charge is 0.262 e.